The fraction of sp³-hybridized carbons (Fsp3) is 0.522. The van der Waals surface area contributed by atoms with Crippen LogP contribution >= 0.6 is 0 Å². The number of benzene rings is 2. The van der Waals surface area contributed by atoms with Crippen molar-refractivity contribution in [3.8, 4) is 28.7 Å². The van der Waals surface area contributed by atoms with Gasteiger partial charge < -0.3 is 29.5 Å². The van der Waals surface area contributed by atoms with E-state index < -0.39 is 24.5 Å². The lowest BCUT2D eigenvalue weighted by molar-refractivity contribution is -0.142. The zero-order valence-corrected chi connectivity index (χ0v) is 35.3. The Morgan fingerprint density at radius 1 is 0.685 bits per heavy atom. The van der Waals surface area contributed by atoms with Gasteiger partial charge >= 0.3 is 5.97 Å². The highest BCUT2D eigenvalue weighted by molar-refractivity contribution is 6.03. The number of hydrogen-bond acceptors (Lipinski definition) is 8. The molecule has 0 saturated carbocycles. The van der Waals surface area contributed by atoms with Crippen molar-refractivity contribution in [2.75, 3.05) is 6.61 Å². The smallest absolute Gasteiger partial charge is 0.306 e. The molecule has 0 heterocycles. The van der Waals surface area contributed by atoms with Gasteiger partial charge in [-0.3, -0.25) is 9.59 Å². The van der Waals surface area contributed by atoms with Gasteiger partial charge in [0, 0.05) is 18.6 Å². The molecule has 8 nitrogen and oxygen atoms in total. The van der Waals surface area contributed by atoms with E-state index in [4.69, 9.17) is 14.2 Å². The molecule has 0 amide bonds. The molecule has 0 aliphatic heterocycles. The van der Waals surface area contributed by atoms with Crippen LogP contribution in [-0.4, -0.2) is 39.8 Å². The molecule has 3 N–H and O–H groups in total. The molecule has 0 bridgehead atoms. The average molecular weight is 755 g/mol. The van der Waals surface area contributed by atoms with Gasteiger partial charge in [-0.2, -0.15) is 0 Å². The number of rotatable bonds is 22. The van der Waals surface area contributed by atoms with Gasteiger partial charge in [-0.25, -0.2) is 0 Å². The highest BCUT2D eigenvalue weighted by Gasteiger charge is 2.24. The summed E-state index contributed by atoms with van der Waals surface area (Å²) in [6, 6.07) is 6.87. The molecular weight excluding hydrogens is 680 g/mol. The second-order valence-corrected chi connectivity index (χ2v) is 11.5. The molecule has 0 spiro atoms. The number of phenolic OH excluding ortho intramolecular Hbond substituents is 3. The Balaban J connectivity index is -0.00000304. The van der Waals surface area contributed by atoms with Gasteiger partial charge in [0.15, 0.2) is 18.1 Å². The zero-order chi connectivity index (χ0) is 41.7. The molecule has 0 aliphatic carbocycles. The molecule has 1 unspecified atom stereocenters. The normalized spacial score (nSPS) is 10.9. The Bertz CT molecular complexity index is 1330. The van der Waals surface area contributed by atoms with Crippen LogP contribution in [0.4, 0.5) is 0 Å². The summed E-state index contributed by atoms with van der Waals surface area (Å²) in [5.74, 6) is -1.59. The molecule has 1 atom stereocenters. The number of carbonyl (C=O) groups is 2. The second-order valence-electron chi connectivity index (χ2n) is 11.5. The molecule has 2 rings (SSSR count). The van der Waals surface area contributed by atoms with Crippen LogP contribution in [-0.2, 0) is 9.53 Å². The van der Waals surface area contributed by atoms with E-state index in [9.17, 15) is 24.9 Å². The first-order chi connectivity index (χ1) is 26.1. The Kier molecular flexibility index (Phi) is 36.8. The topological polar surface area (TPSA) is 123 Å². The first-order valence-corrected chi connectivity index (χ1v) is 20.0. The van der Waals surface area contributed by atoms with Crippen molar-refractivity contribution in [3.05, 3.63) is 91.1 Å². The van der Waals surface area contributed by atoms with Gasteiger partial charge in [0.2, 0.25) is 5.78 Å². The lowest BCUT2D eigenvalue weighted by Gasteiger charge is -2.21. The first-order valence-electron chi connectivity index (χ1n) is 20.0. The van der Waals surface area contributed by atoms with Crippen LogP contribution in [0.15, 0.2) is 79.9 Å². The van der Waals surface area contributed by atoms with E-state index in [2.05, 4.69) is 56.5 Å². The van der Waals surface area contributed by atoms with Crippen molar-refractivity contribution in [3.63, 3.8) is 0 Å². The standard InChI is InChI=1S/C38H52O8.3C2H6.C2H4/c1-5-6-7-8-9-10-11-12-13-14-15-16-17-18-19-20-21-37(43)44-27-34(42)38-35(45-28(2)3)25-31(39)26-36(38)46-29(4)30-22-23-32(40)33(41)24-30;4*1-2/h6-7,9-10,12-13,22-26,28-29,39-41H,5,8,11,14-21,27H2,1-4H3;3*1-2H3;1-2H2/b7-6-,10-9-,13-12-;;;;. The van der Waals surface area contributed by atoms with Gasteiger partial charge in [-0.15, -0.1) is 13.2 Å². The van der Waals surface area contributed by atoms with Gasteiger partial charge in [0.1, 0.15) is 28.9 Å². The number of allylic oxidation sites excluding steroid dienone is 6. The number of esters is 1. The van der Waals surface area contributed by atoms with Crippen LogP contribution in [0.2, 0.25) is 0 Å². The van der Waals surface area contributed by atoms with Crippen LogP contribution in [0.1, 0.15) is 162 Å². The van der Waals surface area contributed by atoms with Crippen molar-refractivity contribution in [1.82, 2.24) is 0 Å². The lowest BCUT2D eigenvalue weighted by Crippen LogP contribution is -2.18. The minimum absolute atomic E-state index is 0.0413. The summed E-state index contributed by atoms with van der Waals surface area (Å²) in [4.78, 5) is 25.7. The summed E-state index contributed by atoms with van der Waals surface area (Å²) in [7, 11) is 0. The Labute approximate surface area is 328 Å². The van der Waals surface area contributed by atoms with Gasteiger partial charge in [0.25, 0.3) is 0 Å². The Morgan fingerprint density at radius 2 is 1.20 bits per heavy atom. The first kappa shape index (κ1) is 53.9. The number of aromatic hydroxyl groups is 3. The summed E-state index contributed by atoms with van der Waals surface area (Å²) < 4.78 is 17.1. The number of phenols is 3. The van der Waals surface area contributed by atoms with Crippen LogP contribution < -0.4 is 9.47 Å². The van der Waals surface area contributed by atoms with Crippen molar-refractivity contribution in [2.45, 2.75) is 152 Å². The molecule has 0 fully saturated rings. The Morgan fingerprint density at radius 3 is 1.76 bits per heavy atom. The quantitative estimate of drug-likeness (QED) is 0.0357. The molecule has 2 aromatic rings. The fourth-order valence-corrected chi connectivity index (χ4v) is 4.70. The van der Waals surface area contributed by atoms with E-state index in [1.54, 1.807) is 26.8 Å². The molecule has 0 radical (unpaired) electrons. The molecule has 0 aromatic heterocycles. The van der Waals surface area contributed by atoms with Crippen molar-refractivity contribution >= 4 is 11.8 Å². The van der Waals surface area contributed by atoms with Gasteiger partial charge in [-0.05, 0) is 77.0 Å². The summed E-state index contributed by atoms with van der Waals surface area (Å²) in [5.41, 5.74) is 0.571. The average Bonchev–Trinajstić information content (AvgIpc) is 3.17. The molecule has 8 heteroatoms. The number of Topliss-reactive ketones (excluding diaryl/α,β-unsaturated/α-hetero) is 1. The predicted octanol–water partition coefficient (Wildman–Crippen LogP) is 13.3. The minimum atomic E-state index is -0.670. The third-order valence-electron chi connectivity index (χ3n) is 7.11. The van der Waals surface area contributed by atoms with Crippen molar-refractivity contribution < 1.29 is 39.1 Å². The Hall–Kier alpha value is -4.46. The van der Waals surface area contributed by atoms with Gasteiger partial charge in [-0.1, -0.05) is 117 Å². The maximum atomic E-state index is 13.3. The summed E-state index contributed by atoms with van der Waals surface area (Å²) in [5, 5.41) is 29.8. The van der Waals surface area contributed by atoms with E-state index in [1.807, 2.05) is 41.5 Å². The highest BCUT2D eigenvalue weighted by Crippen LogP contribution is 2.38. The largest absolute Gasteiger partial charge is 0.508 e. The number of hydrogen-bond donors (Lipinski definition) is 3. The molecule has 0 aliphatic rings. The van der Waals surface area contributed by atoms with Crippen molar-refractivity contribution in [2.24, 2.45) is 0 Å². The van der Waals surface area contributed by atoms with Crippen LogP contribution in [0, 0.1) is 0 Å². The maximum absolute atomic E-state index is 13.3. The lowest BCUT2D eigenvalue weighted by atomic mass is 10.1. The summed E-state index contributed by atoms with van der Waals surface area (Å²) >= 11 is 0. The third kappa shape index (κ3) is 25.5. The predicted molar refractivity (Wildman–Crippen MR) is 227 cm³/mol. The van der Waals surface area contributed by atoms with Crippen LogP contribution in [0.3, 0.4) is 0 Å². The molecule has 2 aromatic carbocycles. The second kappa shape index (κ2) is 36.9. The maximum Gasteiger partial charge on any atom is 0.306 e. The summed E-state index contributed by atoms with van der Waals surface area (Å²) in [6.45, 7) is 24.9. The number of ether oxygens (including phenoxy) is 3. The van der Waals surface area contributed by atoms with Crippen LogP contribution in [0.5, 0.6) is 28.7 Å². The van der Waals surface area contributed by atoms with Crippen molar-refractivity contribution in [1.29, 1.82) is 0 Å². The van der Waals surface area contributed by atoms with E-state index in [0.29, 0.717) is 12.0 Å². The molecule has 54 heavy (non-hydrogen) atoms. The third-order valence-corrected chi connectivity index (χ3v) is 7.11. The zero-order valence-electron chi connectivity index (χ0n) is 35.3. The number of ketones is 1. The van der Waals surface area contributed by atoms with E-state index in [1.165, 1.54) is 24.3 Å². The molecule has 0 saturated heterocycles. The number of carbonyl (C=O) groups excluding carboxylic acids is 2. The minimum Gasteiger partial charge on any atom is -0.508 e. The van der Waals surface area contributed by atoms with Crippen LogP contribution in [0.25, 0.3) is 0 Å². The highest BCUT2D eigenvalue weighted by atomic mass is 16.5. The summed E-state index contributed by atoms with van der Waals surface area (Å²) in [6.07, 6.45) is 22.7. The molecule has 306 valence electrons. The van der Waals surface area contributed by atoms with E-state index >= 15 is 0 Å². The number of unbranched alkanes of at least 4 members (excludes halogenated alkanes) is 6. The van der Waals surface area contributed by atoms with E-state index in [-0.39, 0.29) is 46.8 Å². The van der Waals surface area contributed by atoms with Gasteiger partial charge in [0.05, 0.1) is 6.10 Å². The SMILES string of the molecule is C=C.CC.CC.CC.CC/C=C\C/C=C\C/C=C\CCCCCCCCC(=O)OCC(=O)c1c(OC(C)C)cc(O)cc1OC(C)c1ccc(O)c(O)c1. The monoisotopic (exact) mass is 755 g/mol. The fourth-order valence-electron chi connectivity index (χ4n) is 4.70. The molecular formula is C46H74O8. The van der Waals surface area contributed by atoms with E-state index in [0.717, 1.165) is 57.8 Å².